The Morgan fingerprint density at radius 2 is 1.81 bits per heavy atom. The summed E-state index contributed by atoms with van der Waals surface area (Å²) >= 11 is 5.57. The lowest BCUT2D eigenvalue weighted by atomic mass is 9.85. The van der Waals surface area contributed by atoms with Crippen LogP contribution in [0.3, 0.4) is 0 Å². The van der Waals surface area contributed by atoms with E-state index in [-0.39, 0.29) is 36.3 Å². The fourth-order valence-corrected chi connectivity index (χ4v) is 7.78. The van der Waals surface area contributed by atoms with Crippen molar-refractivity contribution in [2.24, 2.45) is 5.92 Å². The molecule has 1 aliphatic heterocycles. The Balaban J connectivity index is 1.33. The molecule has 2 heterocycles. The number of anilines is 2. The summed E-state index contributed by atoms with van der Waals surface area (Å²) in [5.74, 6) is 6.51. The molecule has 2 fully saturated rings. The minimum Gasteiger partial charge on any atom is -0.495 e. The van der Waals surface area contributed by atoms with Gasteiger partial charge in [0.1, 0.15) is 12.3 Å². The third kappa shape index (κ3) is 8.32. The van der Waals surface area contributed by atoms with Crippen LogP contribution in [0.4, 0.5) is 24.5 Å². The molecule has 1 aliphatic carbocycles. The van der Waals surface area contributed by atoms with Gasteiger partial charge in [-0.3, -0.25) is 0 Å². The molecule has 0 atom stereocenters. The highest BCUT2D eigenvalue weighted by Gasteiger charge is 2.31. The van der Waals surface area contributed by atoms with Crippen molar-refractivity contribution in [2.75, 3.05) is 64.7 Å². The molecule has 14 heteroatoms. The summed E-state index contributed by atoms with van der Waals surface area (Å²) in [7, 11) is 1.64. The van der Waals surface area contributed by atoms with E-state index < -0.39 is 22.7 Å². The number of hydrogen-bond donors (Lipinski definition) is 2. The zero-order valence-corrected chi connectivity index (χ0v) is 28.3. The lowest BCUT2D eigenvalue weighted by Crippen LogP contribution is -2.40. The van der Waals surface area contributed by atoms with Crippen LogP contribution in [-0.4, -0.2) is 93.4 Å². The number of nitrogens with zero attached hydrogens (tertiary/aromatic N) is 3. The van der Waals surface area contributed by atoms with Crippen LogP contribution in [0.2, 0.25) is 0 Å². The van der Waals surface area contributed by atoms with Gasteiger partial charge in [-0.2, -0.15) is 17.5 Å². The SMILES string of the molecule is COc1cc(S(=O)(=O)N2CCOCC2)ccc1NCC#Cc1cc2c(NC3CCC(C(=S)N(C)C)CC3)cccc2n1CC(F)(F)F. The average Bonchev–Trinajstić information content (AvgIpc) is 3.39. The van der Waals surface area contributed by atoms with E-state index in [2.05, 4.69) is 22.5 Å². The van der Waals surface area contributed by atoms with Gasteiger partial charge >= 0.3 is 6.18 Å². The molecule has 0 radical (unpaired) electrons. The highest BCUT2D eigenvalue weighted by Crippen LogP contribution is 2.34. The average molecular weight is 692 g/mol. The third-order valence-corrected chi connectivity index (χ3v) is 11.1. The van der Waals surface area contributed by atoms with Crippen molar-refractivity contribution in [3.63, 3.8) is 0 Å². The maximum absolute atomic E-state index is 13.7. The summed E-state index contributed by atoms with van der Waals surface area (Å²) in [5.41, 5.74) is 1.98. The number of rotatable bonds is 9. The Morgan fingerprint density at radius 3 is 2.47 bits per heavy atom. The van der Waals surface area contributed by atoms with Crippen LogP contribution in [-0.2, 0) is 21.3 Å². The molecule has 5 rings (SSSR count). The standard InChI is InChI=1S/C33H40F3N5O4S2/c1-39(2)32(46)23-9-11-24(12-10-23)38-28-7-4-8-30-27(28)20-25(41(30)22-33(34,35)36)6-5-15-37-29-14-13-26(21-31(29)44-3)47(42,43)40-16-18-45-19-17-40/h4,7-8,13-14,20-21,23-24,37-38H,9-12,15-19,22H2,1-3H3. The maximum Gasteiger partial charge on any atom is 0.406 e. The largest absolute Gasteiger partial charge is 0.495 e. The number of fused-ring (bicyclic) bond motifs is 1. The fourth-order valence-electron chi connectivity index (χ4n) is 6.12. The lowest BCUT2D eigenvalue weighted by Gasteiger charge is -2.32. The number of benzene rings is 2. The molecule has 0 spiro atoms. The molecule has 0 bridgehead atoms. The number of morpholine rings is 1. The number of sulfonamides is 1. The molecule has 47 heavy (non-hydrogen) atoms. The van der Waals surface area contributed by atoms with Crippen LogP contribution in [0.15, 0.2) is 47.4 Å². The van der Waals surface area contributed by atoms with Crippen molar-refractivity contribution in [1.82, 2.24) is 13.8 Å². The van der Waals surface area contributed by atoms with E-state index in [4.69, 9.17) is 21.7 Å². The fraction of sp³-hybridized carbons (Fsp3) is 0.485. The second-order valence-electron chi connectivity index (χ2n) is 11.9. The second-order valence-corrected chi connectivity index (χ2v) is 14.3. The normalized spacial score (nSPS) is 19.1. The Hall–Kier alpha value is -3.51. The second kappa shape index (κ2) is 14.7. The van der Waals surface area contributed by atoms with Crippen LogP contribution >= 0.6 is 12.2 Å². The van der Waals surface area contributed by atoms with E-state index >= 15 is 0 Å². The van der Waals surface area contributed by atoms with Crippen molar-refractivity contribution in [1.29, 1.82) is 0 Å². The van der Waals surface area contributed by atoms with Crippen LogP contribution in [0.5, 0.6) is 5.75 Å². The minimum absolute atomic E-state index is 0.0859. The topological polar surface area (TPSA) is 88.1 Å². The van der Waals surface area contributed by atoms with Crippen molar-refractivity contribution in [2.45, 2.75) is 49.3 Å². The van der Waals surface area contributed by atoms with Crippen molar-refractivity contribution in [3.05, 3.63) is 48.2 Å². The highest BCUT2D eigenvalue weighted by atomic mass is 32.2. The molecule has 2 N–H and O–H groups in total. The maximum atomic E-state index is 13.7. The van der Waals surface area contributed by atoms with Crippen molar-refractivity contribution < 1.29 is 31.1 Å². The van der Waals surface area contributed by atoms with Gasteiger partial charge in [-0.1, -0.05) is 24.2 Å². The Labute approximate surface area is 279 Å². The molecular formula is C33H40F3N5O4S2. The summed E-state index contributed by atoms with van der Waals surface area (Å²) in [4.78, 5) is 3.04. The van der Waals surface area contributed by atoms with Gasteiger partial charge in [-0.25, -0.2) is 8.42 Å². The van der Waals surface area contributed by atoms with E-state index in [1.807, 2.05) is 25.1 Å². The van der Waals surface area contributed by atoms with Crippen molar-refractivity contribution >= 4 is 49.5 Å². The van der Waals surface area contributed by atoms with E-state index in [9.17, 15) is 21.6 Å². The monoisotopic (exact) mass is 691 g/mol. The number of methoxy groups -OCH3 is 1. The molecule has 0 unspecified atom stereocenters. The first-order valence-electron chi connectivity index (χ1n) is 15.5. The van der Waals surface area contributed by atoms with Crippen LogP contribution < -0.4 is 15.4 Å². The van der Waals surface area contributed by atoms with E-state index in [1.54, 1.807) is 24.3 Å². The molecule has 2 aromatic carbocycles. The van der Waals surface area contributed by atoms with Crippen LogP contribution in [0.25, 0.3) is 10.9 Å². The first-order valence-corrected chi connectivity index (χ1v) is 17.4. The number of aromatic nitrogens is 1. The van der Waals surface area contributed by atoms with Gasteiger partial charge in [0.25, 0.3) is 0 Å². The molecule has 9 nitrogen and oxygen atoms in total. The van der Waals surface area contributed by atoms with E-state index in [1.165, 1.54) is 28.1 Å². The molecule has 254 valence electrons. The number of hydrogen-bond acceptors (Lipinski definition) is 7. The zero-order chi connectivity index (χ0) is 33.8. The summed E-state index contributed by atoms with van der Waals surface area (Å²) in [6.07, 6.45) is -0.689. The number of ether oxygens (including phenoxy) is 2. The number of nitrogens with one attached hydrogen (secondary N) is 2. The first kappa shape index (κ1) is 34.8. The predicted octanol–water partition coefficient (Wildman–Crippen LogP) is 5.56. The summed E-state index contributed by atoms with van der Waals surface area (Å²) < 4.78 is 80.5. The quantitative estimate of drug-likeness (QED) is 0.223. The van der Waals surface area contributed by atoms with E-state index in [0.717, 1.165) is 36.4 Å². The lowest BCUT2D eigenvalue weighted by molar-refractivity contribution is -0.140. The highest BCUT2D eigenvalue weighted by molar-refractivity contribution is 7.89. The summed E-state index contributed by atoms with van der Waals surface area (Å²) in [6.45, 7) is 0.135. The molecule has 1 aromatic heterocycles. The van der Waals surface area contributed by atoms with Gasteiger partial charge in [-0.15, -0.1) is 0 Å². The molecular weight excluding hydrogens is 652 g/mol. The van der Waals surface area contributed by atoms with Gasteiger partial charge in [0.15, 0.2) is 0 Å². The van der Waals surface area contributed by atoms with Gasteiger partial charge < -0.3 is 29.6 Å². The Kier molecular flexibility index (Phi) is 10.9. The Morgan fingerprint density at radius 1 is 1.09 bits per heavy atom. The molecule has 1 saturated carbocycles. The summed E-state index contributed by atoms with van der Waals surface area (Å²) in [6, 6.07) is 11.8. The zero-order valence-electron chi connectivity index (χ0n) is 26.7. The molecule has 3 aromatic rings. The smallest absolute Gasteiger partial charge is 0.406 e. The predicted molar refractivity (Wildman–Crippen MR) is 182 cm³/mol. The molecule has 1 saturated heterocycles. The number of thiocarbonyl (C=S) groups is 1. The molecule has 2 aliphatic rings. The third-order valence-electron chi connectivity index (χ3n) is 8.52. The van der Waals surface area contributed by atoms with Crippen LogP contribution in [0.1, 0.15) is 31.4 Å². The van der Waals surface area contributed by atoms with Crippen molar-refractivity contribution in [3.8, 4) is 17.6 Å². The number of alkyl halides is 3. The summed E-state index contributed by atoms with van der Waals surface area (Å²) in [5, 5.41) is 7.35. The minimum atomic E-state index is -4.44. The number of halogens is 3. The molecule has 0 amide bonds. The van der Waals surface area contributed by atoms with E-state index in [0.29, 0.717) is 41.5 Å². The first-order chi connectivity index (χ1) is 22.4. The van der Waals surface area contributed by atoms with Gasteiger partial charge in [0.05, 0.1) is 53.7 Å². The Bertz CT molecular complexity index is 1750. The van der Waals surface area contributed by atoms with Gasteiger partial charge in [0.2, 0.25) is 10.0 Å². The van der Waals surface area contributed by atoms with Gasteiger partial charge in [0, 0.05) is 56.3 Å². The van der Waals surface area contributed by atoms with Gasteiger partial charge in [-0.05, 0) is 61.9 Å². The van der Waals surface area contributed by atoms with Crippen LogP contribution in [0, 0.1) is 17.8 Å².